The number of rotatable bonds is 2. The Kier molecular flexibility index (Phi) is 3.31. The van der Waals surface area contributed by atoms with E-state index >= 15 is 0 Å². The number of fused-ring (bicyclic) bond motifs is 1. The van der Waals surface area contributed by atoms with Crippen LogP contribution in [0.2, 0.25) is 0 Å². The van der Waals surface area contributed by atoms with Crippen LogP contribution in [0.25, 0.3) is 0 Å². The molecule has 2 heterocycles. The number of piperidine rings is 1. The first-order chi connectivity index (χ1) is 9.58. The summed E-state index contributed by atoms with van der Waals surface area (Å²) in [5.74, 6) is -0.476. The maximum absolute atomic E-state index is 12.3. The van der Waals surface area contributed by atoms with E-state index in [0.717, 1.165) is 12.8 Å². The fourth-order valence-electron chi connectivity index (χ4n) is 2.90. The normalized spacial score (nSPS) is 27.0. The summed E-state index contributed by atoms with van der Waals surface area (Å²) in [6.45, 7) is 2.82. The number of β-amino-alcohol motifs (C(OH)–C–C–N with tert-alkyl or cyclic N) is 1. The Hall–Kier alpha value is -1.72. The van der Waals surface area contributed by atoms with Crippen molar-refractivity contribution in [3.8, 4) is 0 Å². The van der Waals surface area contributed by atoms with Crippen LogP contribution in [0.3, 0.4) is 0 Å². The first kappa shape index (κ1) is 13.3. The topological polar surface area (TPSA) is 60.9 Å². The minimum atomic E-state index is -0.374. The third kappa shape index (κ3) is 2.13. The first-order valence-corrected chi connectivity index (χ1v) is 6.95. The lowest BCUT2D eigenvalue weighted by Crippen LogP contribution is -2.50. The molecule has 1 aromatic rings. The maximum atomic E-state index is 12.3. The molecule has 2 atom stereocenters. The van der Waals surface area contributed by atoms with E-state index in [4.69, 9.17) is 0 Å². The van der Waals surface area contributed by atoms with E-state index in [2.05, 4.69) is 6.92 Å². The molecule has 3 rings (SSSR count). The fourth-order valence-corrected chi connectivity index (χ4v) is 2.90. The van der Waals surface area contributed by atoms with Crippen molar-refractivity contribution in [1.82, 2.24) is 9.80 Å². The highest BCUT2D eigenvalue weighted by atomic mass is 16.3. The van der Waals surface area contributed by atoms with Gasteiger partial charge in [-0.2, -0.15) is 0 Å². The van der Waals surface area contributed by atoms with Crippen molar-refractivity contribution in [3.05, 3.63) is 35.4 Å². The molecular weight excluding hydrogens is 256 g/mol. The molecule has 2 aliphatic heterocycles. The number of hydrogen-bond donors (Lipinski definition) is 1. The minimum absolute atomic E-state index is 0.238. The van der Waals surface area contributed by atoms with E-state index in [9.17, 15) is 14.7 Å². The third-order valence-corrected chi connectivity index (χ3v) is 4.19. The molecule has 20 heavy (non-hydrogen) atoms. The first-order valence-electron chi connectivity index (χ1n) is 6.95. The van der Waals surface area contributed by atoms with Gasteiger partial charge in [0.05, 0.1) is 23.9 Å². The lowest BCUT2D eigenvalue weighted by Gasteiger charge is -2.37. The van der Waals surface area contributed by atoms with Crippen LogP contribution in [0.5, 0.6) is 0 Å². The van der Waals surface area contributed by atoms with Crippen molar-refractivity contribution in [2.24, 2.45) is 0 Å². The van der Waals surface area contributed by atoms with E-state index in [1.165, 1.54) is 4.90 Å². The molecule has 5 heteroatoms. The van der Waals surface area contributed by atoms with Gasteiger partial charge < -0.3 is 5.11 Å². The lowest BCUT2D eigenvalue weighted by atomic mass is 10.0. The molecule has 1 saturated heterocycles. The van der Waals surface area contributed by atoms with Gasteiger partial charge in [-0.25, -0.2) is 0 Å². The number of benzene rings is 1. The monoisotopic (exact) mass is 274 g/mol. The van der Waals surface area contributed by atoms with Crippen LogP contribution in [-0.2, 0) is 0 Å². The molecule has 2 amide bonds. The second kappa shape index (κ2) is 5.00. The number of aliphatic hydroxyl groups is 1. The summed E-state index contributed by atoms with van der Waals surface area (Å²) < 4.78 is 0. The smallest absolute Gasteiger partial charge is 0.262 e. The maximum Gasteiger partial charge on any atom is 0.262 e. The van der Waals surface area contributed by atoms with Crippen LogP contribution >= 0.6 is 0 Å². The third-order valence-electron chi connectivity index (χ3n) is 4.19. The van der Waals surface area contributed by atoms with Gasteiger partial charge >= 0.3 is 0 Å². The molecule has 1 fully saturated rings. The van der Waals surface area contributed by atoms with Crippen molar-refractivity contribution >= 4 is 11.8 Å². The number of amides is 2. The minimum Gasteiger partial charge on any atom is -0.392 e. The molecule has 0 radical (unpaired) electrons. The van der Waals surface area contributed by atoms with Crippen LogP contribution < -0.4 is 0 Å². The number of imide groups is 1. The fraction of sp³-hybridized carbons (Fsp3) is 0.467. The standard InChI is InChI=1S/C15H18N2O3/c1-10-6-7-11(18)8-16(10)9-17-14(19)12-4-2-3-5-13(12)15(17)20/h2-5,10-11,18H,6-9H2,1H3. The average Bonchev–Trinajstić information content (AvgIpc) is 2.68. The molecule has 0 saturated carbocycles. The van der Waals surface area contributed by atoms with Crippen molar-refractivity contribution < 1.29 is 14.7 Å². The van der Waals surface area contributed by atoms with E-state index in [-0.39, 0.29) is 30.6 Å². The molecule has 0 spiro atoms. The molecule has 106 valence electrons. The van der Waals surface area contributed by atoms with Crippen LogP contribution in [0, 0.1) is 0 Å². The molecule has 0 aromatic heterocycles. The van der Waals surface area contributed by atoms with Gasteiger partial charge in [-0.15, -0.1) is 0 Å². The second-order valence-electron chi connectivity index (χ2n) is 5.58. The number of nitrogens with zero attached hydrogens (tertiary/aromatic N) is 2. The lowest BCUT2D eigenvalue weighted by molar-refractivity contribution is 0.0103. The number of carbonyl (C=O) groups excluding carboxylic acids is 2. The predicted octanol–water partition coefficient (Wildman–Crippen LogP) is 1.09. The van der Waals surface area contributed by atoms with Gasteiger partial charge in [-0.3, -0.25) is 19.4 Å². The van der Waals surface area contributed by atoms with Crippen LogP contribution in [0.15, 0.2) is 24.3 Å². The second-order valence-corrected chi connectivity index (χ2v) is 5.58. The van der Waals surface area contributed by atoms with E-state index in [0.29, 0.717) is 17.7 Å². The summed E-state index contributed by atoms with van der Waals surface area (Å²) in [6, 6.07) is 7.16. The van der Waals surface area contributed by atoms with Crippen molar-refractivity contribution in [1.29, 1.82) is 0 Å². The van der Waals surface area contributed by atoms with E-state index in [1.807, 2.05) is 4.90 Å². The van der Waals surface area contributed by atoms with Gasteiger partial charge in [0.2, 0.25) is 0 Å². The van der Waals surface area contributed by atoms with Gasteiger partial charge in [0, 0.05) is 12.6 Å². The summed E-state index contributed by atoms with van der Waals surface area (Å²) in [7, 11) is 0. The predicted molar refractivity (Wildman–Crippen MR) is 73.2 cm³/mol. The molecule has 1 N–H and O–H groups in total. The molecule has 5 nitrogen and oxygen atoms in total. The zero-order chi connectivity index (χ0) is 14.3. The number of carbonyl (C=O) groups is 2. The summed E-state index contributed by atoms with van der Waals surface area (Å²) in [6.07, 6.45) is 1.28. The van der Waals surface area contributed by atoms with Crippen LogP contribution in [0.4, 0.5) is 0 Å². The molecule has 2 aliphatic rings. The largest absolute Gasteiger partial charge is 0.392 e. The molecule has 0 bridgehead atoms. The van der Waals surface area contributed by atoms with E-state index in [1.54, 1.807) is 24.3 Å². The van der Waals surface area contributed by atoms with Gasteiger partial charge in [0.15, 0.2) is 0 Å². The van der Waals surface area contributed by atoms with Gasteiger partial charge in [0.25, 0.3) is 11.8 Å². The average molecular weight is 274 g/mol. The number of hydrogen-bond acceptors (Lipinski definition) is 4. The highest BCUT2D eigenvalue weighted by molar-refractivity contribution is 6.21. The Morgan fingerprint density at radius 1 is 1.15 bits per heavy atom. The van der Waals surface area contributed by atoms with E-state index < -0.39 is 0 Å². The Morgan fingerprint density at radius 2 is 1.75 bits per heavy atom. The SMILES string of the molecule is CC1CCC(O)CN1CN1C(=O)c2ccccc2C1=O. The Balaban J connectivity index is 1.79. The zero-order valence-corrected chi connectivity index (χ0v) is 11.5. The number of likely N-dealkylation sites (tertiary alicyclic amines) is 1. The Labute approximate surface area is 117 Å². The van der Waals surface area contributed by atoms with Crippen LogP contribution in [-0.4, -0.2) is 52.1 Å². The Bertz CT molecular complexity index is 523. The van der Waals surface area contributed by atoms with Gasteiger partial charge in [-0.05, 0) is 31.9 Å². The number of aliphatic hydroxyl groups excluding tert-OH is 1. The molecule has 1 aromatic carbocycles. The summed E-state index contributed by atoms with van der Waals surface area (Å²) >= 11 is 0. The summed E-state index contributed by atoms with van der Waals surface area (Å²) in [5.41, 5.74) is 0.949. The van der Waals surface area contributed by atoms with Gasteiger partial charge in [-0.1, -0.05) is 12.1 Å². The van der Waals surface area contributed by atoms with Gasteiger partial charge in [0.1, 0.15) is 0 Å². The highest BCUT2D eigenvalue weighted by Crippen LogP contribution is 2.24. The molecular formula is C15H18N2O3. The van der Waals surface area contributed by atoms with Crippen molar-refractivity contribution in [3.63, 3.8) is 0 Å². The molecule has 0 aliphatic carbocycles. The zero-order valence-electron chi connectivity index (χ0n) is 11.5. The molecule has 2 unspecified atom stereocenters. The Morgan fingerprint density at radius 3 is 2.35 bits per heavy atom. The van der Waals surface area contributed by atoms with Crippen molar-refractivity contribution in [2.45, 2.75) is 31.9 Å². The quantitative estimate of drug-likeness (QED) is 0.820. The highest BCUT2D eigenvalue weighted by Gasteiger charge is 2.37. The van der Waals surface area contributed by atoms with Crippen LogP contribution in [0.1, 0.15) is 40.5 Å². The summed E-state index contributed by atoms with van der Waals surface area (Å²) in [4.78, 5) is 27.8. The van der Waals surface area contributed by atoms with Crippen molar-refractivity contribution in [2.75, 3.05) is 13.2 Å². The summed E-state index contributed by atoms with van der Waals surface area (Å²) in [5, 5.41) is 9.75.